The predicted molar refractivity (Wildman–Crippen MR) is 75.5 cm³/mol. The van der Waals surface area contributed by atoms with E-state index in [2.05, 4.69) is 43.0 Å². The van der Waals surface area contributed by atoms with Crippen molar-refractivity contribution >= 4 is 12.4 Å². The molecule has 2 nitrogen and oxygen atoms in total. The van der Waals surface area contributed by atoms with Crippen molar-refractivity contribution in [2.24, 2.45) is 11.1 Å². The van der Waals surface area contributed by atoms with E-state index < -0.39 is 0 Å². The summed E-state index contributed by atoms with van der Waals surface area (Å²) in [5, 5.41) is 0. The highest BCUT2D eigenvalue weighted by molar-refractivity contribution is 5.85. The SMILES string of the molecule is Cc1ccc(CN2CCC(C)(CN)C2)cc1.Cl. The Morgan fingerprint density at radius 2 is 1.94 bits per heavy atom. The topological polar surface area (TPSA) is 29.3 Å². The molecule has 1 saturated heterocycles. The van der Waals surface area contributed by atoms with E-state index in [1.807, 2.05) is 0 Å². The quantitative estimate of drug-likeness (QED) is 0.899. The Labute approximate surface area is 111 Å². The van der Waals surface area contributed by atoms with Crippen molar-refractivity contribution in [3.8, 4) is 0 Å². The van der Waals surface area contributed by atoms with Gasteiger partial charge in [0.25, 0.3) is 0 Å². The maximum Gasteiger partial charge on any atom is 0.0233 e. The van der Waals surface area contributed by atoms with Gasteiger partial charge in [-0.3, -0.25) is 4.90 Å². The largest absolute Gasteiger partial charge is 0.330 e. The molecule has 0 saturated carbocycles. The summed E-state index contributed by atoms with van der Waals surface area (Å²) in [6.45, 7) is 8.61. The normalized spacial score (nSPS) is 24.6. The number of hydrogen-bond acceptors (Lipinski definition) is 2. The summed E-state index contributed by atoms with van der Waals surface area (Å²) in [6, 6.07) is 8.84. The van der Waals surface area contributed by atoms with Crippen LogP contribution in [0.3, 0.4) is 0 Å². The van der Waals surface area contributed by atoms with Gasteiger partial charge in [0, 0.05) is 13.1 Å². The summed E-state index contributed by atoms with van der Waals surface area (Å²) in [4.78, 5) is 2.51. The van der Waals surface area contributed by atoms with Crippen LogP contribution >= 0.6 is 12.4 Å². The zero-order valence-electron chi connectivity index (χ0n) is 10.8. The van der Waals surface area contributed by atoms with Gasteiger partial charge < -0.3 is 5.73 Å². The number of likely N-dealkylation sites (tertiary alicyclic amines) is 1. The minimum absolute atomic E-state index is 0. The first-order chi connectivity index (χ1) is 7.61. The van der Waals surface area contributed by atoms with Crippen LogP contribution in [-0.4, -0.2) is 24.5 Å². The summed E-state index contributed by atoms with van der Waals surface area (Å²) in [6.07, 6.45) is 1.23. The molecule has 0 bridgehead atoms. The van der Waals surface area contributed by atoms with E-state index in [9.17, 15) is 0 Å². The third kappa shape index (κ3) is 3.70. The van der Waals surface area contributed by atoms with Gasteiger partial charge in [-0.25, -0.2) is 0 Å². The van der Waals surface area contributed by atoms with E-state index in [0.717, 1.165) is 19.6 Å². The molecule has 1 aliphatic rings. The zero-order chi connectivity index (χ0) is 11.6. The molecule has 3 heteroatoms. The molecular weight excluding hydrogens is 232 g/mol. The average Bonchev–Trinajstić information content (AvgIpc) is 2.65. The summed E-state index contributed by atoms with van der Waals surface area (Å²) in [7, 11) is 0. The Balaban J connectivity index is 0.00000144. The number of rotatable bonds is 3. The number of nitrogens with two attached hydrogens (primary N) is 1. The Morgan fingerprint density at radius 1 is 1.29 bits per heavy atom. The number of benzene rings is 1. The van der Waals surface area contributed by atoms with Gasteiger partial charge in [-0.15, -0.1) is 12.4 Å². The number of halogens is 1. The monoisotopic (exact) mass is 254 g/mol. The third-order valence-corrected chi connectivity index (χ3v) is 3.66. The molecule has 2 N–H and O–H groups in total. The van der Waals surface area contributed by atoms with Crippen molar-refractivity contribution in [2.75, 3.05) is 19.6 Å². The van der Waals surface area contributed by atoms with Crippen LogP contribution < -0.4 is 5.73 Å². The molecule has 1 aliphatic heterocycles. The smallest absolute Gasteiger partial charge is 0.0233 e. The second kappa shape index (κ2) is 5.85. The van der Waals surface area contributed by atoms with Crippen LogP contribution in [0.15, 0.2) is 24.3 Å². The highest BCUT2D eigenvalue weighted by atomic mass is 35.5. The van der Waals surface area contributed by atoms with E-state index in [-0.39, 0.29) is 12.4 Å². The van der Waals surface area contributed by atoms with Crippen LogP contribution in [-0.2, 0) is 6.54 Å². The fraction of sp³-hybridized carbons (Fsp3) is 0.571. The Hall–Kier alpha value is -0.570. The molecule has 2 rings (SSSR count). The molecule has 0 spiro atoms. The van der Waals surface area contributed by atoms with E-state index >= 15 is 0 Å². The fourth-order valence-electron chi connectivity index (χ4n) is 2.38. The molecule has 1 atom stereocenters. The maximum atomic E-state index is 5.82. The summed E-state index contributed by atoms with van der Waals surface area (Å²) in [5.41, 5.74) is 8.89. The molecule has 1 heterocycles. The second-order valence-corrected chi connectivity index (χ2v) is 5.46. The molecule has 1 aromatic carbocycles. The summed E-state index contributed by atoms with van der Waals surface area (Å²) >= 11 is 0. The number of hydrogen-bond donors (Lipinski definition) is 1. The van der Waals surface area contributed by atoms with E-state index in [1.54, 1.807) is 0 Å². The zero-order valence-corrected chi connectivity index (χ0v) is 11.6. The Morgan fingerprint density at radius 3 is 2.47 bits per heavy atom. The van der Waals surface area contributed by atoms with Gasteiger partial charge in [0.1, 0.15) is 0 Å². The van der Waals surface area contributed by atoms with Gasteiger partial charge in [0.05, 0.1) is 0 Å². The summed E-state index contributed by atoms with van der Waals surface area (Å²) < 4.78 is 0. The maximum absolute atomic E-state index is 5.82. The van der Waals surface area contributed by atoms with Crippen LogP contribution in [0.4, 0.5) is 0 Å². The van der Waals surface area contributed by atoms with Crippen molar-refractivity contribution in [1.29, 1.82) is 0 Å². The first-order valence-corrected chi connectivity index (χ1v) is 6.09. The molecule has 1 aromatic rings. The molecule has 96 valence electrons. The second-order valence-electron chi connectivity index (χ2n) is 5.46. The van der Waals surface area contributed by atoms with Crippen molar-refractivity contribution in [3.05, 3.63) is 35.4 Å². The van der Waals surface area contributed by atoms with E-state index in [4.69, 9.17) is 5.73 Å². The van der Waals surface area contributed by atoms with Crippen molar-refractivity contribution in [1.82, 2.24) is 4.90 Å². The summed E-state index contributed by atoms with van der Waals surface area (Å²) in [5.74, 6) is 0. The van der Waals surface area contributed by atoms with Crippen LogP contribution in [0.25, 0.3) is 0 Å². The van der Waals surface area contributed by atoms with Gasteiger partial charge in [-0.1, -0.05) is 36.8 Å². The third-order valence-electron chi connectivity index (χ3n) is 3.66. The van der Waals surface area contributed by atoms with Crippen LogP contribution in [0.2, 0.25) is 0 Å². The first-order valence-electron chi connectivity index (χ1n) is 6.09. The molecule has 0 amide bonds. The molecule has 17 heavy (non-hydrogen) atoms. The van der Waals surface area contributed by atoms with Crippen molar-refractivity contribution in [3.63, 3.8) is 0 Å². The molecule has 0 radical (unpaired) electrons. The minimum Gasteiger partial charge on any atom is -0.330 e. The van der Waals surface area contributed by atoms with Crippen LogP contribution in [0, 0.1) is 12.3 Å². The highest BCUT2D eigenvalue weighted by Gasteiger charge is 2.32. The number of aryl methyl sites for hydroxylation is 1. The lowest BCUT2D eigenvalue weighted by Gasteiger charge is -2.22. The fourth-order valence-corrected chi connectivity index (χ4v) is 2.38. The van der Waals surface area contributed by atoms with Crippen LogP contribution in [0.5, 0.6) is 0 Å². The van der Waals surface area contributed by atoms with Gasteiger partial charge in [0.2, 0.25) is 0 Å². The van der Waals surface area contributed by atoms with Crippen molar-refractivity contribution in [2.45, 2.75) is 26.8 Å². The van der Waals surface area contributed by atoms with E-state index in [0.29, 0.717) is 5.41 Å². The molecular formula is C14H23ClN2. The lowest BCUT2D eigenvalue weighted by atomic mass is 9.90. The van der Waals surface area contributed by atoms with E-state index in [1.165, 1.54) is 24.1 Å². The lowest BCUT2D eigenvalue weighted by Crippen LogP contribution is -2.31. The first kappa shape index (κ1) is 14.5. The molecule has 0 aromatic heterocycles. The van der Waals surface area contributed by atoms with Gasteiger partial charge >= 0.3 is 0 Å². The standard InChI is InChI=1S/C14H22N2.ClH/c1-12-3-5-13(6-4-12)9-16-8-7-14(2,10-15)11-16;/h3-6H,7-11,15H2,1-2H3;1H. The lowest BCUT2D eigenvalue weighted by molar-refractivity contribution is 0.274. The van der Waals surface area contributed by atoms with Gasteiger partial charge in [-0.2, -0.15) is 0 Å². The molecule has 1 fully saturated rings. The predicted octanol–water partition coefficient (Wildman–Crippen LogP) is 2.59. The average molecular weight is 255 g/mol. The minimum atomic E-state index is 0. The van der Waals surface area contributed by atoms with Gasteiger partial charge in [0.15, 0.2) is 0 Å². The Bertz CT molecular complexity index is 350. The highest BCUT2D eigenvalue weighted by Crippen LogP contribution is 2.29. The molecule has 0 aliphatic carbocycles. The van der Waals surface area contributed by atoms with Crippen LogP contribution in [0.1, 0.15) is 24.5 Å². The number of nitrogens with zero attached hydrogens (tertiary/aromatic N) is 1. The van der Waals surface area contributed by atoms with Crippen molar-refractivity contribution < 1.29 is 0 Å². The molecule has 1 unspecified atom stereocenters. The van der Waals surface area contributed by atoms with Gasteiger partial charge in [-0.05, 0) is 37.4 Å². The Kier molecular flexibility index (Phi) is 4.99.